The van der Waals surface area contributed by atoms with Gasteiger partial charge in [0.2, 0.25) is 11.5 Å². The van der Waals surface area contributed by atoms with Crippen molar-refractivity contribution in [1.29, 1.82) is 0 Å². The molecule has 1 rings (SSSR count). The van der Waals surface area contributed by atoms with E-state index in [0.29, 0.717) is 12.8 Å². The van der Waals surface area contributed by atoms with Crippen molar-refractivity contribution < 1.29 is 28.6 Å². The predicted octanol–water partition coefficient (Wildman–Crippen LogP) is 0.995. The highest BCUT2D eigenvalue weighted by atomic mass is 16.6. The van der Waals surface area contributed by atoms with Crippen molar-refractivity contribution in [3.05, 3.63) is 23.7 Å². The third-order valence-corrected chi connectivity index (χ3v) is 1.98. The van der Waals surface area contributed by atoms with E-state index >= 15 is 0 Å². The standard InChI is InChI=1S/C11H14O6/c1-15-10(13)8-4-5-9(17-8)11(14)16-7-3-2-6-12/h4-5,12H,2-3,6-7H2,1H3. The third kappa shape index (κ3) is 3.92. The number of methoxy groups -OCH3 is 1. The monoisotopic (exact) mass is 242 g/mol. The highest BCUT2D eigenvalue weighted by Crippen LogP contribution is 2.10. The zero-order valence-electron chi connectivity index (χ0n) is 9.47. The molecule has 1 heterocycles. The van der Waals surface area contributed by atoms with Crippen molar-refractivity contribution in [2.45, 2.75) is 12.8 Å². The second-order valence-corrected chi connectivity index (χ2v) is 3.22. The average molecular weight is 242 g/mol. The molecule has 0 aliphatic carbocycles. The molecular formula is C11H14O6. The van der Waals surface area contributed by atoms with Crippen LogP contribution in [-0.4, -0.2) is 37.4 Å². The fraction of sp³-hybridized carbons (Fsp3) is 0.455. The van der Waals surface area contributed by atoms with Gasteiger partial charge in [0.15, 0.2) is 0 Å². The zero-order chi connectivity index (χ0) is 12.7. The van der Waals surface area contributed by atoms with Gasteiger partial charge in [-0.25, -0.2) is 9.59 Å². The van der Waals surface area contributed by atoms with E-state index in [-0.39, 0.29) is 24.7 Å². The molecule has 0 aliphatic rings. The first-order chi connectivity index (χ1) is 8.19. The third-order valence-electron chi connectivity index (χ3n) is 1.98. The van der Waals surface area contributed by atoms with Crippen LogP contribution in [0.25, 0.3) is 0 Å². The lowest BCUT2D eigenvalue weighted by atomic mass is 10.3. The minimum atomic E-state index is -0.649. The number of aliphatic hydroxyl groups excluding tert-OH is 1. The second-order valence-electron chi connectivity index (χ2n) is 3.22. The van der Waals surface area contributed by atoms with Crippen LogP contribution in [0.4, 0.5) is 0 Å². The van der Waals surface area contributed by atoms with Crippen LogP contribution in [0.5, 0.6) is 0 Å². The summed E-state index contributed by atoms with van der Waals surface area (Å²) in [6, 6.07) is 2.69. The van der Waals surface area contributed by atoms with Gasteiger partial charge in [0.1, 0.15) is 0 Å². The fourth-order valence-electron chi connectivity index (χ4n) is 1.11. The van der Waals surface area contributed by atoms with E-state index in [1.807, 2.05) is 0 Å². The number of carbonyl (C=O) groups is 2. The van der Waals surface area contributed by atoms with Crippen LogP contribution in [-0.2, 0) is 9.47 Å². The molecule has 0 radical (unpaired) electrons. The normalized spacial score (nSPS) is 10.0. The molecule has 1 N–H and O–H groups in total. The molecule has 0 fully saturated rings. The Morgan fingerprint density at radius 1 is 1.24 bits per heavy atom. The van der Waals surface area contributed by atoms with Gasteiger partial charge in [0.25, 0.3) is 0 Å². The van der Waals surface area contributed by atoms with Crippen molar-refractivity contribution in [2.75, 3.05) is 20.3 Å². The molecule has 0 bridgehead atoms. The first kappa shape index (κ1) is 13.2. The van der Waals surface area contributed by atoms with E-state index in [2.05, 4.69) is 4.74 Å². The van der Waals surface area contributed by atoms with Gasteiger partial charge in [0.05, 0.1) is 13.7 Å². The van der Waals surface area contributed by atoms with Crippen molar-refractivity contribution in [3.63, 3.8) is 0 Å². The molecule has 0 aromatic carbocycles. The van der Waals surface area contributed by atoms with E-state index in [9.17, 15) is 9.59 Å². The highest BCUT2D eigenvalue weighted by molar-refractivity contribution is 5.90. The molecule has 0 unspecified atom stereocenters. The molecule has 0 spiro atoms. The summed E-state index contributed by atoms with van der Waals surface area (Å²) in [6.07, 6.45) is 1.14. The van der Waals surface area contributed by atoms with Crippen LogP contribution in [0.1, 0.15) is 34.0 Å². The number of hydrogen-bond donors (Lipinski definition) is 1. The molecule has 0 saturated heterocycles. The Bertz CT molecular complexity index is 381. The number of hydrogen-bond acceptors (Lipinski definition) is 6. The Labute approximate surface area is 98.1 Å². The fourth-order valence-corrected chi connectivity index (χ4v) is 1.11. The molecular weight excluding hydrogens is 228 g/mol. The molecule has 0 saturated carbocycles. The van der Waals surface area contributed by atoms with Crippen LogP contribution in [0, 0.1) is 0 Å². The van der Waals surface area contributed by atoms with Crippen molar-refractivity contribution in [2.24, 2.45) is 0 Å². The predicted molar refractivity (Wildman–Crippen MR) is 56.6 cm³/mol. The Morgan fingerprint density at radius 3 is 2.47 bits per heavy atom. The number of furan rings is 1. The quantitative estimate of drug-likeness (QED) is 0.591. The van der Waals surface area contributed by atoms with Crippen LogP contribution in [0.3, 0.4) is 0 Å². The van der Waals surface area contributed by atoms with Crippen molar-refractivity contribution in [1.82, 2.24) is 0 Å². The largest absolute Gasteiger partial charge is 0.463 e. The Morgan fingerprint density at radius 2 is 1.88 bits per heavy atom. The lowest BCUT2D eigenvalue weighted by Crippen LogP contribution is -2.06. The lowest BCUT2D eigenvalue weighted by molar-refractivity contribution is 0.0446. The van der Waals surface area contributed by atoms with Gasteiger partial charge in [-0.1, -0.05) is 0 Å². The molecule has 0 aliphatic heterocycles. The lowest BCUT2D eigenvalue weighted by Gasteiger charge is -2.01. The van der Waals surface area contributed by atoms with Crippen LogP contribution >= 0.6 is 0 Å². The van der Waals surface area contributed by atoms with Gasteiger partial charge < -0.3 is 19.0 Å². The van der Waals surface area contributed by atoms with Crippen molar-refractivity contribution in [3.8, 4) is 0 Å². The molecule has 6 heteroatoms. The molecule has 94 valence electrons. The topological polar surface area (TPSA) is 86.0 Å². The highest BCUT2D eigenvalue weighted by Gasteiger charge is 2.16. The van der Waals surface area contributed by atoms with Crippen LogP contribution < -0.4 is 0 Å². The minimum absolute atomic E-state index is 0.0465. The summed E-state index contributed by atoms with van der Waals surface area (Å²) in [5.74, 6) is -1.38. The number of aliphatic hydroxyl groups is 1. The molecule has 0 atom stereocenters. The maximum Gasteiger partial charge on any atom is 0.374 e. The Kier molecular flexibility index (Phi) is 5.22. The number of esters is 2. The van der Waals surface area contributed by atoms with E-state index in [0.717, 1.165) is 0 Å². The van der Waals surface area contributed by atoms with Crippen LogP contribution in [0.15, 0.2) is 16.5 Å². The summed E-state index contributed by atoms with van der Waals surface area (Å²) in [6.45, 7) is 0.262. The van der Waals surface area contributed by atoms with Gasteiger partial charge in [0, 0.05) is 6.61 Å². The van der Waals surface area contributed by atoms with E-state index in [1.54, 1.807) is 0 Å². The van der Waals surface area contributed by atoms with E-state index in [4.69, 9.17) is 14.3 Å². The Balaban J connectivity index is 2.46. The summed E-state index contributed by atoms with van der Waals surface area (Å²) in [5, 5.41) is 8.53. The Hall–Kier alpha value is -1.82. The minimum Gasteiger partial charge on any atom is -0.463 e. The van der Waals surface area contributed by atoms with Gasteiger partial charge in [-0.3, -0.25) is 0 Å². The van der Waals surface area contributed by atoms with E-state index < -0.39 is 11.9 Å². The number of carbonyl (C=O) groups excluding carboxylic acids is 2. The molecule has 1 aromatic heterocycles. The van der Waals surface area contributed by atoms with Crippen molar-refractivity contribution >= 4 is 11.9 Å². The number of rotatable bonds is 6. The first-order valence-corrected chi connectivity index (χ1v) is 5.15. The van der Waals surface area contributed by atoms with Gasteiger partial charge >= 0.3 is 11.9 Å². The van der Waals surface area contributed by atoms with Gasteiger partial charge in [-0.2, -0.15) is 0 Å². The number of ether oxygens (including phenoxy) is 2. The van der Waals surface area contributed by atoms with Crippen LogP contribution in [0.2, 0.25) is 0 Å². The smallest absolute Gasteiger partial charge is 0.374 e. The zero-order valence-corrected chi connectivity index (χ0v) is 9.47. The van der Waals surface area contributed by atoms with Gasteiger partial charge in [-0.15, -0.1) is 0 Å². The summed E-state index contributed by atoms with van der Waals surface area (Å²) in [4.78, 5) is 22.5. The number of unbranched alkanes of at least 4 members (excludes halogenated alkanes) is 1. The summed E-state index contributed by atoms with van der Waals surface area (Å²) in [5.41, 5.74) is 0. The maximum atomic E-state index is 11.4. The molecule has 1 aromatic rings. The molecule has 0 amide bonds. The van der Waals surface area contributed by atoms with Gasteiger partial charge in [-0.05, 0) is 25.0 Å². The summed E-state index contributed by atoms with van der Waals surface area (Å²) in [7, 11) is 1.22. The average Bonchev–Trinajstić information content (AvgIpc) is 2.83. The van der Waals surface area contributed by atoms with E-state index in [1.165, 1.54) is 19.2 Å². The summed E-state index contributed by atoms with van der Waals surface area (Å²) >= 11 is 0. The second kappa shape index (κ2) is 6.70. The SMILES string of the molecule is COC(=O)c1ccc(C(=O)OCCCCO)o1. The summed E-state index contributed by atoms with van der Waals surface area (Å²) < 4.78 is 14.2. The maximum absolute atomic E-state index is 11.4. The molecule has 17 heavy (non-hydrogen) atoms. The first-order valence-electron chi connectivity index (χ1n) is 5.15. The molecule has 6 nitrogen and oxygen atoms in total.